The molecule has 0 spiro atoms. The Balaban J connectivity index is 1.30. The van der Waals surface area contributed by atoms with E-state index in [2.05, 4.69) is 44.1 Å². The van der Waals surface area contributed by atoms with Gasteiger partial charge in [-0.3, -0.25) is 0 Å². The fraction of sp³-hybridized carbons (Fsp3) is 0.760. The number of nitrogens with zero attached hydrogens (tertiary/aromatic N) is 2. The van der Waals surface area contributed by atoms with Gasteiger partial charge in [0.05, 0.1) is 4.75 Å². The van der Waals surface area contributed by atoms with Crippen LogP contribution in [0.4, 0.5) is 11.4 Å². The molecule has 2 heterocycles. The van der Waals surface area contributed by atoms with Crippen LogP contribution in [0.3, 0.4) is 0 Å². The first-order valence-electron chi connectivity index (χ1n) is 12.6. The monoisotopic (exact) mass is 464 g/mol. The number of likely N-dealkylation sites (tertiary alicyclic amines) is 1. The van der Waals surface area contributed by atoms with Crippen LogP contribution in [0.15, 0.2) is 24.3 Å². The summed E-state index contributed by atoms with van der Waals surface area (Å²) >= 11 is 0. The van der Waals surface area contributed by atoms with Crippen LogP contribution in [0, 0.1) is 0 Å². The second-order valence-corrected chi connectivity index (χ2v) is 12.9. The molecule has 0 aliphatic carbocycles. The molecule has 6 nitrogen and oxygen atoms in total. The smallest absolute Gasteiger partial charge is 0.216 e. The lowest BCUT2D eigenvalue weighted by molar-refractivity contribution is 0.141. The van der Waals surface area contributed by atoms with Gasteiger partial charge in [-0.25, -0.2) is 13.1 Å². The van der Waals surface area contributed by atoms with Gasteiger partial charge >= 0.3 is 0 Å². The van der Waals surface area contributed by atoms with Crippen LogP contribution >= 0.6 is 0 Å². The highest BCUT2D eigenvalue weighted by atomic mass is 32.2. The van der Waals surface area contributed by atoms with E-state index in [0.29, 0.717) is 6.54 Å². The maximum absolute atomic E-state index is 12.0. The van der Waals surface area contributed by atoms with Crippen LogP contribution in [0.2, 0.25) is 0 Å². The van der Waals surface area contributed by atoms with Crippen molar-refractivity contribution < 1.29 is 8.42 Å². The Bertz CT molecular complexity index is 775. The predicted molar refractivity (Wildman–Crippen MR) is 136 cm³/mol. The molecule has 0 unspecified atom stereocenters. The molecule has 7 heteroatoms. The van der Waals surface area contributed by atoms with Crippen molar-refractivity contribution >= 4 is 21.4 Å². The maximum Gasteiger partial charge on any atom is 0.216 e. The zero-order chi connectivity index (χ0) is 23.0. The van der Waals surface area contributed by atoms with Gasteiger partial charge in [0, 0.05) is 43.6 Å². The third-order valence-corrected chi connectivity index (χ3v) is 9.08. The third kappa shape index (κ3) is 7.35. The number of unbranched alkanes of at least 4 members (excludes halogenated alkanes) is 2. The first-order chi connectivity index (χ1) is 15.3. The van der Waals surface area contributed by atoms with Gasteiger partial charge in [-0.05, 0) is 96.7 Å². The minimum absolute atomic E-state index is 0.517. The quantitative estimate of drug-likeness (QED) is 0.501. The van der Waals surface area contributed by atoms with Crippen molar-refractivity contribution in [2.45, 2.75) is 82.9 Å². The molecule has 2 aliphatic rings. The van der Waals surface area contributed by atoms with Gasteiger partial charge in [-0.15, -0.1) is 0 Å². The van der Waals surface area contributed by atoms with E-state index in [1.807, 2.05) is 0 Å². The molecule has 0 amide bonds. The van der Waals surface area contributed by atoms with Crippen LogP contribution in [-0.4, -0.2) is 63.4 Å². The van der Waals surface area contributed by atoms with Crippen molar-refractivity contribution in [2.24, 2.45) is 0 Å². The van der Waals surface area contributed by atoms with Crippen LogP contribution in [0.1, 0.15) is 72.1 Å². The second kappa shape index (κ2) is 11.7. The number of benzene rings is 1. The zero-order valence-electron chi connectivity index (χ0n) is 20.4. The molecule has 1 aromatic carbocycles. The molecule has 1 aromatic rings. The van der Waals surface area contributed by atoms with E-state index in [4.69, 9.17) is 0 Å². The van der Waals surface area contributed by atoms with Gasteiger partial charge in [0.2, 0.25) is 10.0 Å². The maximum atomic E-state index is 12.0. The van der Waals surface area contributed by atoms with Gasteiger partial charge in [-0.1, -0.05) is 12.8 Å². The molecule has 182 valence electrons. The van der Waals surface area contributed by atoms with Crippen molar-refractivity contribution in [3.63, 3.8) is 0 Å². The minimum Gasteiger partial charge on any atom is -0.385 e. The van der Waals surface area contributed by atoms with Crippen molar-refractivity contribution in [1.29, 1.82) is 0 Å². The fourth-order valence-electron chi connectivity index (χ4n) is 4.65. The molecule has 2 N–H and O–H groups in total. The van der Waals surface area contributed by atoms with Gasteiger partial charge < -0.3 is 15.1 Å². The van der Waals surface area contributed by atoms with E-state index in [9.17, 15) is 8.42 Å². The Kier molecular flexibility index (Phi) is 9.26. The highest BCUT2D eigenvalue weighted by molar-refractivity contribution is 7.90. The van der Waals surface area contributed by atoms with Crippen molar-refractivity contribution in [3.05, 3.63) is 24.3 Å². The number of piperidine rings is 2. The normalized spacial score (nSPS) is 19.3. The largest absolute Gasteiger partial charge is 0.385 e. The Hall–Kier alpha value is -1.31. The summed E-state index contributed by atoms with van der Waals surface area (Å²) in [6, 6.07) is 9.64. The van der Waals surface area contributed by atoms with E-state index in [0.717, 1.165) is 50.6 Å². The van der Waals surface area contributed by atoms with E-state index in [1.165, 1.54) is 50.9 Å². The molecular formula is C25H44N4O2S. The number of sulfonamides is 1. The molecule has 2 saturated heterocycles. The highest BCUT2D eigenvalue weighted by Gasteiger charge is 2.28. The zero-order valence-corrected chi connectivity index (χ0v) is 21.2. The third-order valence-electron chi connectivity index (χ3n) is 6.88. The van der Waals surface area contributed by atoms with Crippen LogP contribution < -0.4 is 14.9 Å². The number of hydrogen-bond donors (Lipinski definition) is 2. The summed E-state index contributed by atoms with van der Waals surface area (Å²) in [7, 11) is -3.23. The number of rotatable bonds is 10. The van der Waals surface area contributed by atoms with Crippen LogP contribution in [0.5, 0.6) is 0 Å². The second-order valence-electron chi connectivity index (χ2n) is 10.4. The summed E-state index contributed by atoms with van der Waals surface area (Å²) < 4.78 is 26.0. The molecule has 0 atom stereocenters. The summed E-state index contributed by atoms with van der Waals surface area (Å²) in [6.07, 6.45) is 9.64. The van der Waals surface area contributed by atoms with Crippen LogP contribution in [-0.2, 0) is 10.0 Å². The standard InChI is InChI=1S/C25H44N4O2S/c1-25(2,3)32(30,31)27-17-7-4-6-16-26-22-10-12-23(13-11-22)29-20-14-24(15-21-29)28-18-8-5-9-19-28/h10-13,24,26-27H,4-9,14-21H2,1-3H3. The molecule has 2 fully saturated rings. The van der Waals surface area contributed by atoms with Crippen molar-refractivity contribution in [2.75, 3.05) is 49.5 Å². The van der Waals surface area contributed by atoms with Crippen LogP contribution in [0.25, 0.3) is 0 Å². The lowest BCUT2D eigenvalue weighted by atomic mass is 9.99. The molecule has 0 aromatic heterocycles. The first-order valence-corrected chi connectivity index (χ1v) is 14.1. The molecule has 32 heavy (non-hydrogen) atoms. The predicted octanol–water partition coefficient (Wildman–Crippen LogP) is 4.44. The number of hydrogen-bond acceptors (Lipinski definition) is 5. The molecule has 0 saturated carbocycles. The van der Waals surface area contributed by atoms with Crippen molar-refractivity contribution in [3.8, 4) is 0 Å². The van der Waals surface area contributed by atoms with E-state index in [1.54, 1.807) is 20.8 Å². The molecule has 2 aliphatic heterocycles. The number of anilines is 2. The Morgan fingerprint density at radius 3 is 2.12 bits per heavy atom. The lowest BCUT2D eigenvalue weighted by Gasteiger charge is -2.41. The van der Waals surface area contributed by atoms with Crippen molar-refractivity contribution in [1.82, 2.24) is 9.62 Å². The summed E-state index contributed by atoms with van der Waals surface area (Å²) in [4.78, 5) is 5.26. The number of nitrogens with one attached hydrogen (secondary N) is 2. The first kappa shape index (κ1) is 25.3. The molecule has 0 bridgehead atoms. The fourth-order valence-corrected chi connectivity index (χ4v) is 5.49. The van der Waals surface area contributed by atoms with E-state index < -0.39 is 14.8 Å². The SMILES string of the molecule is CC(C)(C)S(=O)(=O)NCCCCCNc1ccc(N2CCC(N3CCCCC3)CC2)cc1. The minimum atomic E-state index is -3.23. The van der Waals surface area contributed by atoms with Gasteiger partial charge in [0.15, 0.2) is 0 Å². The summed E-state index contributed by atoms with van der Waals surface area (Å²) in [5.41, 5.74) is 2.49. The summed E-state index contributed by atoms with van der Waals surface area (Å²) in [6.45, 7) is 11.5. The average Bonchev–Trinajstić information content (AvgIpc) is 2.79. The summed E-state index contributed by atoms with van der Waals surface area (Å²) in [5.74, 6) is 0. The van der Waals surface area contributed by atoms with Gasteiger partial charge in [0.1, 0.15) is 0 Å². The highest BCUT2D eigenvalue weighted by Crippen LogP contribution is 2.25. The van der Waals surface area contributed by atoms with E-state index >= 15 is 0 Å². The Labute approximate surface area is 196 Å². The Morgan fingerprint density at radius 1 is 0.875 bits per heavy atom. The lowest BCUT2D eigenvalue weighted by Crippen LogP contribution is -2.46. The average molecular weight is 465 g/mol. The summed E-state index contributed by atoms with van der Waals surface area (Å²) in [5, 5.41) is 3.49. The Morgan fingerprint density at radius 2 is 1.50 bits per heavy atom. The molecular weight excluding hydrogens is 420 g/mol. The van der Waals surface area contributed by atoms with Gasteiger partial charge in [-0.2, -0.15) is 0 Å². The molecule has 0 radical (unpaired) electrons. The topological polar surface area (TPSA) is 64.7 Å². The van der Waals surface area contributed by atoms with Gasteiger partial charge in [0.25, 0.3) is 0 Å². The molecule has 3 rings (SSSR count). The van der Waals surface area contributed by atoms with E-state index in [-0.39, 0.29) is 0 Å².